The minimum absolute atomic E-state index is 0.0173. The molecular formula is C17H29NO4. The Morgan fingerprint density at radius 3 is 2.41 bits per heavy atom. The van der Waals surface area contributed by atoms with Crippen molar-refractivity contribution in [3.63, 3.8) is 0 Å². The Labute approximate surface area is 133 Å². The second-order valence-corrected chi connectivity index (χ2v) is 6.80. The van der Waals surface area contributed by atoms with Crippen LogP contribution in [0.1, 0.15) is 64.2 Å². The highest BCUT2D eigenvalue weighted by Gasteiger charge is 2.45. The maximum atomic E-state index is 12.4. The molecule has 1 saturated carbocycles. The first-order valence-corrected chi connectivity index (χ1v) is 8.64. The molecule has 1 N–H and O–H groups in total. The van der Waals surface area contributed by atoms with E-state index in [9.17, 15) is 14.7 Å². The van der Waals surface area contributed by atoms with Gasteiger partial charge in [0.05, 0.1) is 0 Å². The Morgan fingerprint density at radius 2 is 1.82 bits per heavy atom. The van der Waals surface area contributed by atoms with Gasteiger partial charge in [-0.15, -0.1) is 0 Å². The molecule has 0 aromatic rings. The first-order chi connectivity index (χ1) is 10.6. The van der Waals surface area contributed by atoms with Crippen LogP contribution < -0.4 is 0 Å². The van der Waals surface area contributed by atoms with Gasteiger partial charge >= 0.3 is 5.97 Å². The van der Waals surface area contributed by atoms with E-state index in [1.165, 1.54) is 4.90 Å². The highest BCUT2D eigenvalue weighted by Crippen LogP contribution is 2.34. The van der Waals surface area contributed by atoms with Crippen LogP contribution in [0.4, 0.5) is 0 Å². The summed E-state index contributed by atoms with van der Waals surface area (Å²) in [6, 6.07) is 0. The highest BCUT2D eigenvalue weighted by molar-refractivity contribution is 5.87. The lowest BCUT2D eigenvalue weighted by Crippen LogP contribution is -2.56. The van der Waals surface area contributed by atoms with Crippen molar-refractivity contribution in [1.82, 2.24) is 4.90 Å². The van der Waals surface area contributed by atoms with Crippen LogP contribution in [0.15, 0.2) is 0 Å². The Morgan fingerprint density at radius 1 is 1.18 bits per heavy atom. The molecule has 2 rings (SSSR count). The largest absolute Gasteiger partial charge is 0.479 e. The molecule has 22 heavy (non-hydrogen) atoms. The van der Waals surface area contributed by atoms with Crippen LogP contribution in [0.3, 0.4) is 0 Å². The molecular weight excluding hydrogens is 282 g/mol. The highest BCUT2D eigenvalue weighted by atomic mass is 16.5. The molecule has 0 aromatic heterocycles. The van der Waals surface area contributed by atoms with Gasteiger partial charge in [-0.1, -0.05) is 19.3 Å². The van der Waals surface area contributed by atoms with Gasteiger partial charge < -0.3 is 14.7 Å². The van der Waals surface area contributed by atoms with Crippen LogP contribution in [-0.4, -0.2) is 47.7 Å². The molecule has 0 spiro atoms. The fourth-order valence-corrected chi connectivity index (χ4v) is 3.81. The molecule has 126 valence electrons. The topological polar surface area (TPSA) is 66.8 Å². The van der Waals surface area contributed by atoms with Crippen LogP contribution in [0.2, 0.25) is 0 Å². The van der Waals surface area contributed by atoms with E-state index in [-0.39, 0.29) is 5.91 Å². The second kappa shape index (κ2) is 7.95. The number of ether oxygens (including phenoxy) is 1. The molecule has 1 amide bonds. The average molecular weight is 311 g/mol. The van der Waals surface area contributed by atoms with Gasteiger partial charge in [-0.05, 0) is 44.4 Å². The molecule has 0 aromatic carbocycles. The maximum absolute atomic E-state index is 12.4. The summed E-state index contributed by atoms with van der Waals surface area (Å²) in [5, 5.41) is 9.63. The van der Waals surface area contributed by atoms with Crippen molar-refractivity contribution in [2.75, 3.05) is 20.3 Å². The van der Waals surface area contributed by atoms with Crippen LogP contribution in [0.25, 0.3) is 0 Å². The minimum atomic E-state index is -0.964. The quantitative estimate of drug-likeness (QED) is 0.819. The number of nitrogens with zero attached hydrogens (tertiary/aromatic N) is 1. The van der Waals surface area contributed by atoms with Crippen molar-refractivity contribution in [2.24, 2.45) is 5.92 Å². The number of carbonyl (C=O) groups excluding carboxylic acids is 1. The van der Waals surface area contributed by atoms with E-state index >= 15 is 0 Å². The van der Waals surface area contributed by atoms with E-state index in [0.717, 1.165) is 58.2 Å². The molecule has 2 aliphatic rings. The van der Waals surface area contributed by atoms with Gasteiger partial charge in [0.25, 0.3) is 0 Å². The number of aliphatic carboxylic acids is 1. The van der Waals surface area contributed by atoms with E-state index < -0.39 is 11.5 Å². The smallest absolute Gasteiger partial charge is 0.329 e. The van der Waals surface area contributed by atoms with Gasteiger partial charge in [0.15, 0.2) is 0 Å². The summed E-state index contributed by atoms with van der Waals surface area (Å²) in [6.07, 6.45) is 8.56. The van der Waals surface area contributed by atoms with Gasteiger partial charge in [-0.25, -0.2) is 4.79 Å². The fraction of sp³-hybridized carbons (Fsp3) is 0.882. The monoisotopic (exact) mass is 311 g/mol. The zero-order valence-corrected chi connectivity index (χ0v) is 13.7. The Balaban J connectivity index is 1.83. The van der Waals surface area contributed by atoms with Crippen LogP contribution >= 0.6 is 0 Å². The van der Waals surface area contributed by atoms with Crippen molar-refractivity contribution < 1.29 is 19.4 Å². The Hall–Kier alpha value is -1.10. The van der Waals surface area contributed by atoms with Crippen molar-refractivity contribution in [3.8, 4) is 0 Å². The molecule has 2 fully saturated rings. The number of rotatable bonds is 6. The molecule has 1 aliphatic carbocycles. The molecule has 0 bridgehead atoms. The van der Waals surface area contributed by atoms with E-state index in [2.05, 4.69) is 0 Å². The summed E-state index contributed by atoms with van der Waals surface area (Å²) in [7, 11) is 1.68. The van der Waals surface area contributed by atoms with Gasteiger partial charge in [-0.2, -0.15) is 0 Å². The number of amides is 1. The summed E-state index contributed by atoms with van der Waals surface area (Å²) in [5.74, 6) is -0.196. The van der Waals surface area contributed by atoms with Crippen molar-refractivity contribution >= 4 is 11.9 Å². The van der Waals surface area contributed by atoms with Gasteiger partial charge in [-0.3, -0.25) is 4.79 Å². The lowest BCUT2D eigenvalue weighted by molar-refractivity contribution is -0.160. The van der Waals surface area contributed by atoms with Gasteiger partial charge in [0, 0.05) is 26.7 Å². The summed E-state index contributed by atoms with van der Waals surface area (Å²) >= 11 is 0. The van der Waals surface area contributed by atoms with Crippen LogP contribution in [-0.2, 0) is 14.3 Å². The Kier molecular flexibility index (Phi) is 6.24. The molecule has 0 radical (unpaired) electrons. The summed E-state index contributed by atoms with van der Waals surface area (Å²) in [5.41, 5.74) is -0.964. The van der Waals surface area contributed by atoms with E-state index in [1.54, 1.807) is 7.05 Å². The van der Waals surface area contributed by atoms with Crippen molar-refractivity contribution in [2.45, 2.75) is 69.7 Å². The second-order valence-electron chi connectivity index (χ2n) is 6.80. The van der Waals surface area contributed by atoms with Crippen LogP contribution in [0, 0.1) is 5.92 Å². The molecule has 1 heterocycles. The number of carbonyl (C=O) groups is 2. The zero-order valence-electron chi connectivity index (χ0n) is 13.7. The average Bonchev–Trinajstić information content (AvgIpc) is 2.55. The number of carboxylic acid groups (broad SMARTS) is 1. The molecule has 1 aliphatic heterocycles. The third-order valence-electron chi connectivity index (χ3n) is 5.44. The first kappa shape index (κ1) is 17.3. The molecule has 0 unspecified atom stereocenters. The summed E-state index contributed by atoms with van der Waals surface area (Å²) < 4.78 is 5.34. The molecule has 0 atom stereocenters. The third-order valence-corrected chi connectivity index (χ3v) is 5.44. The fourth-order valence-electron chi connectivity index (χ4n) is 3.81. The van der Waals surface area contributed by atoms with Crippen molar-refractivity contribution in [3.05, 3.63) is 0 Å². The SMILES string of the molecule is CN(C(=O)CCCC1CCOCC1)C1(C(=O)O)CCCCC1. The van der Waals surface area contributed by atoms with Crippen LogP contribution in [0.5, 0.6) is 0 Å². The lowest BCUT2D eigenvalue weighted by atomic mass is 9.80. The predicted molar refractivity (Wildman–Crippen MR) is 83.6 cm³/mol. The lowest BCUT2D eigenvalue weighted by Gasteiger charge is -2.41. The van der Waals surface area contributed by atoms with E-state index in [0.29, 0.717) is 25.2 Å². The summed E-state index contributed by atoms with van der Waals surface area (Å²) in [4.78, 5) is 25.7. The predicted octanol–water partition coefficient (Wildman–Crippen LogP) is 2.83. The first-order valence-electron chi connectivity index (χ1n) is 8.64. The molecule has 1 saturated heterocycles. The molecule has 5 heteroatoms. The van der Waals surface area contributed by atoms with Gasteiger partial charge in [0.2, 0.25) is 5.91 Å². The number of carboxylic acids is 1. The number of likely N-dealkylation sites (N-methyl/N-ethyl adjacent to an activating group) is 1. The number of hydrogen-bond donors (Lipinski definition) is 1. The van der Waals surface area contributed by atoms with E-state index in [1.807, 2.05) is 0 Å². The third kappa shape index (κ3) is 4.00. The summed E-state index contributed by atoms with van der Waals surface area (Å²) in [6.45, 7) is 1.67. The Bertz CT molecular complexity index is 384. The van der Waals surface area contributed by atoms with E-state index in [4.69, 9.17) is 4.74 Å². The minimum Gasteiger partial charge on any atom is -0.479 e. The van der Waals surface area contributed by atoms with Gasteiger partial charge in [0.1, 0.15) is 5.54 Å². The number of hydrogen-bond acceptors (Lipinski definition) is 3. The maximum Gasteiger partial charge on any atom is 0.329 e. The zero-order chi connectivity index (χ0) is 16.0. The van der Waals surface area contributed by atoms with Crippen molar-refractivity contribution in [1.29, 1.82) is 0 Å². The molecule has 5 nitrogen and oxygen atoms in total. The standard InChI is InChI=1S/C17H29NO4/c1-18(17(16(20)21)10-3-2-4-11-17)15(19)7-5-6-14-8-12-22-13-9-14/h14H,2-13H2,1H3,(H,20,21). The normalized spacial score (nSPS) is 22.2.